The Morgan fingerprint density at radius 1 is 1.29 bits per heavy atom. The summed E-state index contributed by atoms with van der Waals surface area (Å²) in [5.74, 6) is 1.09. The Morgan fingerprint density at radius 2 is 2.05 bits per heavy atom. The van der Waals surface area contributed by atoms with E-state index in [4.69, 9.17) is 9.52 Å². The number of carbonyl (C=O) groups is 2. The second kappa shape index (κ2) is 9.05. The molecule has 1 rings (SSSR count). The minimum Gasteiger partial charge on any atom is -0.481 e. The predicted molar refractivity (Wildman–Crippen MR) is 79.0 cm³/mol. The van der Waals surface area contributed by atoms with Gasteiger partial charge in [-0.15, -0.1) is 0 Å². The van der Waals surface area contributed by atoms with E-state index in [9.17, 15) is 9.59 Å². The molecule has 1 heterocycles. The van der Waals surface area contributed by atoms with E-state index >= 15 is 0 Å². The van der Waals surface area contributed by atoms with Crippen LogP contribution >= 0.6 is 0 Å². The fourth-order valence-corrected chi connectivity index (χ4v) is 2.08. The fourth-order valence-electron chi connectivity index (χ4n) is 2.08. The lowest BCUT2D eigenvalue weighted by Gasteiger charge is -2.14. The first kappa shape index (κ1) is 17.1. The van der Waals surface area contributed by atoms with Crippen LogP contribution in [0.15, 0.2) is 16.5 Å². The minimum atomic E-state index is -0.770. The quantitative estimate of drug-likeness (QED) is 0.653. The summed E-state index contributed by atoms with van der Waals surface area (Å²) < 4.78 is 5.35. The molecule has 2 amide bonds. The number of urea groups is 1. The molecule has 0 saturated heterocycles. The van der Waals surface area contributed by atoms with E-state index < -0.39 is 5.97 Å². The molecule has 3 N–H and O–H groups in total. The minimum absolute atomic E-state index is 0.183. The van der Waals surface area contributed by atoms with E-state index in [1.165, 1.54) is 0 Å². The summed E-state index contributed by atoms with van der Waals surface area (Å²) in [4.78, 5) is 22.1. The van der Waals surface area contributed by atoms with Crippen molar-refractivity contribution in [3.63, 3.8) is 0 Å². The summed E-state index contributed by atoms with van der Waals surface area (Å²) in [6.07, 6.45) is 2.54. The molecule has 0 aliphatic carbocycles. The van der Waals surface area contributed by atoms with Crippen molar-refractivity contribution in [2.24, 2.45) is 5.92 Å². The molecule has 0 fully saturated rings. The average molecular weight is 296 g/mol. The number of carbonyl (C=O) groups excluding carboxylic acids is 1. The largest absolute Gasteiger partial charge is 0.481 e. The number of rotatable bonds is 9. The van der Waals surface area contributed by atoms with Gasteiger partial charge in [0.25, 0.3) is 0 Å². The normalized spacial score (nSPS) is 11.9. The lowest BCUT2D eigenvalue weighted by molar-refractivity contribution is -0.137. The number of amides is 2. The second-order valence-corrected chi connectivity index (χ2v) is 5.12. The summed E-state index contributed by atoms with van der Waals surface area (Å²) in [6.45, 7) is 4.79. The van der Waals surface area contributed by atoms with Gasteiger partial charge in [0.1, 0.15) is 11.5 Å². The van der Waals surface area contributed by atoms with E-state index in [1.807, 2.05) is 26.0 Å². The van der Waals surface area contributed by atoms with E-state index in [0.29, 0.717) is 25.4 Å². The van der Waals surface area contributed by atoms with Crippen molar-refractivity contribution in [1.82, 2.24) is 10.6 Å². The van der Waals surface area contributed by atoms with Crippen LogP contribution in [0.1, 0.15) is 44.1 Å². The zero-order valence-electron chi connectivity index (χ0n) is 12.6. The van der Waals surface area contributed by atoms with E-state index in [-0.39, 0.29) is 12.5 Å². The number of furan rings is 1. The summed E-state index contributed by atoms with van der Waals surface area (Å²) in [5, 5.41) is 14.2. The topological polar surface area (TPSA) is 91.6 Å². The molecule has 1 atom stereocenters. The fraction of sp³-hybridized carbons (Fsp3) is 0.600. The highest BCUT2D eigenvalue weighted by atomic mass is 16.4. The third-order valence-corrected chi connectivity index (χ3v) is 3.40. The first-order valence-corrected chi connectivity index (χ1v) is 7.30. The third kappa shape index (κ3) is 7.39. The Balaban J connectivity index is 2.15. The van der Waals surface area contributed by atoms with Gasteiger partial charge in [-0.1, -0.05) is 13.3 Å². The molecule has 6 heteroatoms. The Labute approximate surface area is 124 Å². The molecular weight excluding hydrogens is 272 g/mol. The van der Waals surface area contributed by atoms with E-state index in [2.05, 4.69) is 10.6 Å². The molecule has 0 bridgehead atoms. The van der Waals surface area contributed by atoms with Crippen LogP contribution in [0.3, 0.4) is 0 Å². The molecule has 21 heavy (non-hydrogen) atoms. The monoisotopic (exact) mass is 296 g/mol. The van der Waals surface area contributed by atoms with Gasteiger partial charge in [-0.25, -0.2) is 4.79 Å². The van der Waals surface area contributed by atoms with Crippen LogP contribution in [0.4, 0.5) is 4.79 Å². The van der Waals surface area contributed by atoms with Crippen molar-refractivity contribution in [2.75, 3.05) is 6.54 Å². The Bertz CT molecular complexity index is 456. The van der Waals surface area contributed by atoms with Crippen LogP contribution in [0.2, 0.25) is 0 Å². The van der Waals surface area contributed by atoms with Crippen LogP contribution in [-0.4, -0.2) is 23.7 Å². The molecular formula is C15H24N2O4. The SMILES string of the molecule is CCC(CCNC(=O)NCc1ccc(C)o1)CCC(=O)O. The number of carboxylic acid groups (broad SMARTS) is 1. The number of hydrogen-bond acceptors (Lipinski definition) is 3. The number of aliphatic carboxylic acids is 1. The third-order valence-electron chi connectivity index (χ3n) is 3.40. The van der Waals surface area contributed by atoms with Gasteiger partial charge in [0.05, 0.1) is 6.54 Å². The summed E-state index contributed by atoms with van der Waals surface area (Å²) >= 11 is 0. The van der Waals surface area contributed by atoms with Crippen LogP contribution in [0, 0.1) is 12.8 Å². The maximum absolute atomic E-state index is 11.6. The first-order valence-electron chi connectivity index (χ1n) is 7.30. The number of hydrogen-bond donors (Lipinski definition) is 3. The van der Waals surface area contributed by atoms with Crippen LogP contribution in [-0.2, 0) is 11.3 Å². The molecule has 0 spiro atoms. The predicted octanol–water partition coefficient (Wildman–Crippen LogP) is 2.67. The molecule has 6 nitrogen and oxygen atoms in total. The molecule has 0 saturated carbocycles. The highest BCUT2D eigenvalue weighted by Crippen LogP contribution is 2.14. The standard InChI is InChI=1S/C15H24N2O4/c1-3-12(5-7-14(18)19)8-9-16-15(20)17-10-13-6-4-11(2)21-13/h4,6,12H,3,5,7-10H2,1-2H3,(H,18,19)(H2,16,17,20). The number of nitrogens with one attached hydrogen (secondary N) is 2. The smallest absolute Gasteiger partial charge is 0.315 e. The average Bonchev–Trinajstić information content (AvgIpc) is 2.86. The van der Waals surface area contributed by atoms with E-state index in [0.717, 1.165) is 24.4 Å². The van der Waals surface area contributed by atoms with Gasteiger partial charge in [0, 0.05) is 13.0 Å². The van der Waals surface area contributed by atoms with Gasteiger partial charge >= 0.3 is 12.0 Å². The highest BCUT2D eigenvalue weighted by molar-refractivity contribution is 5.73. The van der Waals surface area contributed by atoms with Gasteiger partial charge in [0.15, 0.2) is 0 Å². The van der Waals surface area contributed by atoms with Gasteiger partial charge in [-0.2, -0.15) is 0 Å². The maximum Gasteiger partial charge on any atom is 0.315 e. The summed E-state index contributed by atoms with van der Waals surface area (Å²) in [7, 11) is 0. The molecule has 1 aromatic rings. The van der Waals surface area contributed by atoms with Crippen LogP contribution in [0.5, 0.6) is 0 Å². The number of aryl methyl sites for hydroxylation is 1. The van der Waals surface area contributed by atoms with Crippen molar-refractivity contribution >= 4 is 12.0 Å². The Morgan fingerprint density at radius 3 is 2.62 bits per heavy atom. The van der Waals surface area contributed by atoms with Crippen molar-refractivity contribution in [3.05, 3.63) is 23.7 Å². The van der Waals surface area contributed by atoms with Gasteiger partial charge in [-0.05, 0) is 37.8 Å². The van der Waals surface area contributed by atoms with Crippen LogP contribution < -0.4 is 10.6 Å². The van der Waals surface area contributed by atoms with E-state index in [1.54, 1.807) is 0 Å². The molecule has 0 aliphatic rings. The van der Waals surface area contributed by atoms with Crippen molar-refractivity contribution in [2.45, 2.75) is 46.1 Å². The van der Waals surface area contributed by atoms with Crippen molar-refractivity contribution in [3.8, 4) is 0 Å². The summed E-state index contributed by atoms with van der Waals surface area (Å²) in [6, 6.07) is 3.44. The highest BCUT2D eigenvalue weighted by Gasteiger charge is 2.09. The molecule has 118 valence electrons. The molecule has 0 aliphatic heterocycles. The molecule has 0 aromatic carbocycles. The Kier molecular flexibility index (Phi) is 7.36. The zero-order chi connectivity index (χ0) is 15.7. The number of carboxylic acids is 1. The Hall–Kier alpha value is -1.98. The summed E-state index contributed by atoms with van der Waals surface area (Å²) in [5.41, 5.74) is 0. The molecule has 0 radical (unpaired) electrons. The lowest BCUT2D eigenvalue weighted by atomic mass is 9.97. The zero-order valence-corrected chi connectivity index (χ0v) is 12.6. The first-order chi connectivity index (χ1) is 10.0. The van der Waals surface area contributed by atoms with Crippen molar-refractivity contribution < 1.29 is 19.1 Å². The van der Waals surface area contributed by atoms with Crippen molar-refractivity contribution in [1.29, 1.82) is 0 Å². The molecule has 1 unspecified atom stereocenters. The van der Waals surface area contributed by atoms with Crippen LogP contribution in [0.25, 0.3) is 0 Å². The van der Waals surface area contributed by atoms with Gasteiger partial charge < -0.3 is 20.2 Å². The maximum atomic E-state index is 11.6. The van der Waals surface area contributed by atoms with Gasteiger partial charge in [0.2, 0.25) is 0 Å². The molecule has 1 aromatic heterocycles. The second-order valence-electron chi connectivity index (χ2n) is 5.12. The lowest BCUT2D eigenvalue weighted by Crippen LogP contribution is -2.36. The van der Waals surface area contributed by atoms with Gasteiger partial charge in [-0.3, -0.25) is 4.79 Å².